The molecule has 0 amide bonds. The van der Waals surface area contributed by atoms with E-state index >= 15 is 0 Å². The Hall–Kier alpha value is -2.80. The van der Waals surface area contributed by atoms with Gasteiger partial charge in [0.15, 0.2) is 15.4 Å². The van der Waals surface area contributed by atoms with Crippen LogP contribution in [0.1, 0.15) is 25.0 Å². The number of aromatic hydroxyl groups is 1. The lowest BCUT2D eigenvalue weighted by Crippen LogP contribution is -2.29. The predicted molar refractivity (Wildman–Crippen MR) is 101 cm³/mol. The fourth-order valence-electron chi connectivity index (χ4n) is 2.92. The third-order valence-electron chi connectivity index (χ3n) is 4.32. The van der Waals surface area contributed by atoms with Gasteiger partial charge in [-0.25, -0.2) is 8.42 Å². The number of phenolic OH excluding ortho intramolecular Hbond substituents is 1. The van der Waals surface area contributed by atoms with Crippen LogP contribution in [-0.4, -0.2) is 38.3 Å². The Balaban J connectivity index is 2.20. The third kappa shape index (κ3) is 3.55. The van der Waals surface area contributed by atoms with Crippen LogP contribution in [0.25, 0.3) is 11.3 Å². The van der Waals surface area contributed by atoms with Crippen molar-refractivity contribution in [2.24, 2.45) is 0 Å². The largest absolute Gasteiger partial charge is 0.508 e. The summed E-state index contributed by atoms with van der Waals surface area (Å²) in [7, 11) is -1.86. The second kappa shape index (κ2) is 6.42. The van der Waals surface area contributed by atoms with E-state index < -0.39 is 15.4 Å². The Morgan fingerprint density at radius 3 is 2.22 bits per heavy atom. The van der Waals surface area contributed by atoms with Crippen molar-refractivity contribution in [2.75, 3.05) is 13.4 Å². The average molecular weight is 388 g/mol. The highest BCUT2D eigenvalue weighted by atomic mass is 32.2. The number of methoxy groups -OCH3 is 1. The van der Waals surface area contributed by atoms with E-state index in [1.165, 1.54) is 31.4 Å². The molecule has 142 valence electrons. The Labute approximate surface area is 158 Å². The zero-order valence-corrected chi connectivity index (χ0v) is 16.3. The average Bonchev–Trinajstić information content (AvgIpc) is 2.83. The van der Waals surface area contributed by atoms with Gasteiger partial charge in [0, 0.05) is 17.9 Å². The Bertz CT molecular complexity index is 1050. The van der Waals surface area contributed by atoms with Crippen molar-refractivity contribution in [3.05, 3.63) is 53.6 Å². The first-order valence-electron chi connectivity index (χ1n) is 8.20. The number of hydrogen-bond donors (Lipinski definition) is 1. The van der Waals surface area contributed by atoms with Gasteiger partial charge in [0.1, 0.15) is 17.3 Å². The van der Waals surface area contributed by atoms with Gasteiger partial charge in [0.05, 0.1) is 17.6 Å². The minimum atomic E-state index is -3.33. The van der Waals surface area contributed by atoms with Gasteiger partial charge in [0.25, 0.3) is 0 Å². The van der Waals surface area contributed by atoms with Gasteiger partial charge in [0.2, 0.25) is 5.78 Å². The highest BCUT2D eigenvalue weighted by molar-refractivity contribution is 7.90. The van der Waals surface area contributed by atoms with E-state index in [2.05, 4.69) is 0 Å². The molecule has 0 aliphatic carbocycles. The Kier molecular flexibility index (Phi) is 4.51. The van der Waals surface area contributed by atoms with Crippen LogP contribution in [0, 0.1) is 0 Å². The zero-order chi connectivity index (χ0) is 20.0. The van der Waals surface area contributed by atoms with Gasteiger partial charge >= 0.3 is 0 Å². The van der Waals surface area contributed by atoms with E-state index in [1.54, 1.807) is 32.0 Å². The highest BCUT2D eigenvalue weighted by Gasteiger charge is 2.43. The van der Waals surface area contributed by atoms with Gasteiger partial charge in [-0.2, -0.15) is 0 Å². The molecule has 3 rings (SSSR count). The molecule has 0 fully saturated rings. The number of phenols is 1. The van der Waals surface area contributed by atoms with Crippen LogP contribution in [-0.2, 0) is 19.4 Å². The summed E-state index contributed by atoms with van der Waals surface area (Å²) < 4.78 is 34.4. The van der Waals surface area contributed by atoms with Crippen LogP contribution >= 0.6 is 0 Å². The van der Waals surface area contributed by atoms with Crippen LogP contribution in [0.3, 0.4) is 0 Å². The summed E-state index contributed by atoms with van der Waals surface area (Å²) in [6, 6.07) is 10.7. The lowest BCUT2D eigenvalue weighted by Gasteiger charge is -2.18. The van der Waals surface area contributed by atoms with Crippen LogP contribution < -0.4 is 4.74 Å². The molecule has 2 aromatic carbocycles. The molecule has 0 bridgehead atoms. The van der Waals surface area contributed by atoms with Gasteiger partial charge in [-0.3, -0.25) is 4.79 Å². The number of benzene rings is 2. The molecule has 27 heavy (non-hydrogen) atoms. The first-order valence-corrected chi connectivity index (χ1v) is 10.1. The fourth-order valence-corrected chi connectivity index (χ4v) is 3.55. The molecule has 2 aromatic rings. The number of sulfone groups is 1. The first-order chi connectivity index (χ1) is 12.5. The summed E-state index contributed by atoms with van der Waals surface area (Å²) in [6.07, 6.45) is 1.13. The number of carbonyl (C=O) groups is 1. The number of hydrogen-bond acceptors (Lipinski definition) is 6. The maximum Gasteiger partial charge on any atom is 0.210 e. The summed E-state index contributed by atoms with van der Waals surface area (Å²) in [4.78, 5) is 13.1. The second-order valence-corrected chi connectivity index (χ2v) is 8.88. The van der Waals surface area contributed by atoms with Crippen molar-refractivity contribution in [3.8, 4) is 11.5 Å². The monoisotopic (exact) mass is 388 g/mol. The lowest BCUT2D eigenvalue weighted by molar-refractivity contribution is -0.125. The number of carbonyl (C=O) groups excluding carboxylic acids is 1. The Morgan fingerprint density at radius 1 is 1.04 bits per heavy atom. The van der Waals surface area contributed by atoms with Gasteiger partial charge in [-0.05, 0) is 55.8 Å². The standard InChI is InChI=1S/C20H20O6S/c1-20(2)19(22)17(13-9-14(21)11-15(10-13)25-3)18(26-20)12-5-7-16(8-6-12)27(4,23)24/h5-11,21H,1-4H3. The van der Waals surface area contributed by atoms with E-state index in [-0.39, 0.29) is 16.4 Å². The molecule has 6 nitrogen and oxygen atoms in total. The maximum absolute atomic E-state index is 12.9. The smallest absolute Gasteiger partial charge is 0.210 e. The first kappa shape index (κ1) is 19.0. The molecule has 0 radical (unpaired) electrons. The molecule has 0 saturated heterocycles. The SMILES string of the molecule is COc1cc(O)cc(C2=C(c3ccc(S(C)(=O)=O)cc3)OC(C)(C)C2=O)c1. The Morgan fingerprint density at radius 2 is 1.67 bits per heavy atom. The van der Waals surface area contributed by atoms with Crippen molar-refractivity contribution in [1.29, 1.82) is 0 Å². The summed E-state index contributed by atoms with van der Waals surface area (Å²) in [5.74, 6) is 0.456. The predicted octanol–water partition coefficient (Wildman–Crippen LogP) is 3.05. The molecule has 0 atom stereocenters. The summed E-state index contributed by atoms with van der Waals surface area (Å²) in [5.41, 5.74) is 0.253. The topological polar surface area (TPSA) is 89.9 Å². The van der Waals surface area contributed by atoms with Crippen LogP contribution in [0.15, 0.2) is 47.4 Å². The van der Waals surface area contributed by atoms with Gasteiger partial charge in [-0.15, -0.1) is 0 Å². The van der Waals surface area contributed by atoms with E-state index in [0.717, 1.165) is 6.26 Å². The van der Waals surface area contributed by atoms with Crippen LogP contribution in [0.4, 0.5) is 0 Å². The number of ketones is 1. The lowest BCUT2D eigenvalue weighted by atomic mass is 9.92. The van der Waals surface area contributed by atoms with Crippen LogP contribution in [0.2, 0.25) is 0 Å². The van der Waals surface area contributed by atoms with E-state index in [4.69, 9.17) is 9.47 Å². The minimum absolute atomic E-state index is 0.0406. The second-order valence-electron chi connectivity index (χ2n) is 6.86. The van der Waals surface area contributed by atoms with Gasteiger partial charge in [-0.1, -0.05) is 0 Å². The molecular formula is C20H20O6S. The number of Topliss-reactive ketones (excluding diaryl/α,β-unsaturated/α-hetero) is 1. The fraction of sp³-hybridized carbons (Fsp3) is 0.250. The molecule has 1 aliphatic heterocycles. The third-order valence-corrected chi connectivity index (χ3v) is 5.45. The van der Waals surface area contributed by atoms with E-state index in [0.29, 0.717) is 28.2 Å². The molecule has 0 spiro atoms. The zero-order valence-electron chi connectivity index (χ0n) is 15.4. The van der Waals surface area contributed by atoms with Crippen LogP contribution in [0.5, 0.6) is 11.5 Å². The van der Waals surface area contributed by atoms with Crippen molar-refractivity contribution in [2.45, 2.75) is 24.3 Å². The van der Waals surface area contributed by atoms with Crippen molar-refractivity contribution >= 4 is 27.0 Å². The maximum atomic E-state index is 12.9. The van der Waals surface area contributed by atoms with Crippen molar-refractivity contribution in [3.63, 3.8) is 0 Å². The molecule has 0 unspecified atom stereocenters. The molecule has 0 saturated carbocycles. The highest BCUT2D eigenvalue weighted by Crippen LogP contribution is 2.42. The molecule has 1 aliphatic rings. The summed E-state index contributed by atoms with van der Waals surface area (Å²) in [5, 5.41) is 9.96. The van der Waals surface area contributed by atoms with E-state index in [9.17, 15) is 18.3 Å². The molecular weight excluding hydrogens is 368 g/mol. The summed E-state index contributed by atoms with van der Waals surface area (Å²) in [6.45, 7) is 3.32. The van der Waals surface area contributed by atoms with E-state index in [1.807, 2.05) is 0 Å². The normalized spacial score (nSPS) is 16.4. The van der Waals surface area contributed by atoms with Crippen molar-refractivity contribution < 1.29 is 27.8 Å². The quantitative estimate of drug-likeness (QED) is 0.866. The molecule has 0 aromatic heterocycles. The number of ether oxygens (including phenoxy) is 2. The molecule has 1 heterocycles. The molecule has 1 N–H and O–H groups in total. The number of rotatable bonds is 4. The summed E-state index contributed by atoms with van der Waals surface area (Å²) >= 11 is 0. The van der Waals surface area contributed by atoms with Gasteiger partial charge < -0.3 is 14.6 Å². The minimum Gasteiger partial charge on any atom is -0.508 e. The molecule has 7 heteroatoms. The van der Waals surface area contributed by atoms with Crippen molar-refractivity contribution in [1.82, 2.24) is 0 Å².